The van der Waals surface area contributed by atoms with Crippen LogP contribution < -0.4 is 10.2 Å². The third-order valence-corrected chi connectivity index (χ3v) is 5.41. The molecule has 136 valence electrons. The van der Waals surface area contributed by atoms with Crippen molar-refractivity contribution in [2.24, 2.45) is 0 Å². The molecule has 1 aliphatic heterocycles. The van der Waals surface area contributed by atoms with Gasteiger partial charge in [0.1, 0.15) is 10.7 Å². The lowest BCUT2D eigenvalue weighted by Gasteiger charge is -2.33. The number of fused-ring (bicyclic) bond motifs is 1. The van der Waals surface area contributed by atoms with Gasteiger partial charge in [0.25, 0.3) is 0 Å². The highest BCUT2D eigenvalue weighted by molar-refractivity contribution is 6.35. The number of aromatic amines is 1. The predicted molar refractivity (Wildman–Crippen MR) is 107 cm³/mol. The van der Waals surface area contributed by atoms with E-state index in [1.807, 2.05) is 18.2 Å². The van der Waals surface area contributed by atoms with E-state index in [1.54, 1.807) is 12.1 Å². The third-order valence-electron chi connectivity index (χ3n) is 4.61. The van der Waals surface area contributed by atoms with Crippen LogP contribution in [-0.4, -0.2) is 34.1 Å². The van der Waals surface area contributed by atoms with Crippen LogP contribution in [0, 0.1) is 0 Å². The van der Waals surface area contributed by atoms with Gasteiger partial charge < -0.3 is 15.2 Å². The van der Waals surface area contributed by atoms with Gasteiger partial charge >= 0.3 is 0 Å². The van der Waals surface area contributed by atoms with Gasteiger partial charge in [-0.05, 0) is 42.7 Å². The second-order valence-corrected chi connectivity index (χ2v) is 7.69. The number of rotatable bonds is 4. The Balaban J connectivity index is 1.43. The first-order valence-corrected chi connectivity index (χ1v) is 9.66. The number of nitrogens with one attached hydrogen (secondary N) is 2. The summed E-state index contributed by atoms with van der Waals surface area (Å²) in [6.07, 6.45) is 2.21. The van der Waals surface area contributed by atoms with Gasteiger partial charge in [-0.25, -0.2) is 9.97 Å². The van der Waals surface area contributed by atoms with Crippen LogP contribution in [0.2, 0.25) is 15.2 Å². The number of halogens is 3. The molecule has 2 aromatic heterocycles. The molecule has 1 saturated heterocycles. The normalized spacial score (nSPS) is 17.8. The molecule has 1 unspecified atom stereocenters. The Morgan fingerprint density at radius 2 is 2.04 bits per heavy atom. The van der Waals surface area contributed by atoms with Crippen molar-refractivity contribution in [3.05, 3.63) is 51.1 Å². The SMILES string of the molecule is Clc1ccc(CNC2CCCN(c3nc4ccc(Cl)nc4[nH]3)C2)c(Cl)c1. The Morgan fingerprint density at radius 3 is 2.88 bits per heavy atom. The summed E-state index contributed by atoms with van der Waals surface area (Å²) < 4.78 is 0. The predicted octanol–water partition coefficient (Wildman–Crippen LogP) is 4.68. The van der Waals surface area contributed by atoms with Crippen LogP contribution in [0.3, 0.4) is 0 Å². The summed E-state index contributed by atoms with van der Waals surface area (Å²) in [7, 11) is 0. The number of aromatic nitrogens is 3. The van der Waals surface area contributed by atoms with Gasteiger partial charge in [-0.3, -0.25) is 0 Å². The van der Waals surface area contributed by atoms with Crippen LogP contribution in [0.25, 0.3) is 11.2 Å². The molecule has 1 fully saturated rings. The van der Waals surface area contributed by atoms with E-state index in [9.17, 15) is 0 Å². The quantitative estimate of drug-likeness (QED) is 0.613. The minimum atomic E-state index is 0.361. The average molecular weight is 411 g/mol. The molecule has 3 heterocycles. The van der Waals surface area contributed by atoms with Crippen LogP contribution in [-0.2, 0) is 6.54 Å². The number of hydrogen-bond donors (Lipinski definition) is 2. The van der Waals surface area contributed by atoms with Gasteiger partial charge in [0.2, 0.25) is 5.95 Å². The molecule has 1 aliphatic rings. The van der Waals surface area contributed by atoms with Crippen molar-refractivity contribution in [1.82, 2.24) is 20.3 Å². The Hall–Kier alpha value is -1.53. The van der Waals surface area contributed by atoms with E-state index in [1.165, 1.54) is 0 Å². The summed E-state index contributed by atoms with van der Waals surface area (Å²) >= 11 is 18.2. The van der Waals surface area contributed by atoms with Crippen molar-refractivity contribution in [2.45, 2.75) is 25.4 Å². The lowest BCUT2D eigenvalue weighted by Crippen LogP contribution is -2.45. The van der Waals surface area contributed by atoms with Crippen molar-refractivity contribution in [3.63, 3.8) is 0 Å². The number of H-pyrrole nitrogens is 1. The number of imidazole rings is 1. The highest BCUT2D eigenvalue weighted by Crippen LogP contribution is 2.23. The number of piperidine rings is 1. The first kappa shape index (κ1) is 17.9. The zero-order valence-corrected chi connectivity index (χ0v) is 16.2. The summed E-state index contributed by atoms with van der Waals surface area (Å²) in [4.78, 5) is 14.4. The monoisotopic (exact) mass is 409 g/mol. The zero-order valence-electron chi connectivity index (χ0n) is 14.0. The van der Waals surface area contributed by atoms with Crippen LogP contribution in [0.5, 0.6) is 0 Å². The number of nitrogens with zero attached hydrogens (tertiary/aromatic N) is 3. The highest BCUT2D eigenvalue weighted by Gasteiger charge is 2.22. The van der Waals surface area contributed by atoms with Gasteiger partial charge in [-0.2, -0.15) is 0 Å². The zero-order chi connectivity index (χ0) is 18.1. The molecule has 0 aliphatic carbocycles. The van der Waals surface area contributed by atoms with Crippen LogP contribution in [0.1, 0.15) is 18.4 Å². The molecule has 1 atom stereocenters. The fourth-order valence-electron chi connectivity index (χ4n) is 3.26. The molecule has 0 amide bonds. The molecule has 0 spiro atoms. The third kappa shape index (κ3) is 3.91. The molecule has 0 saturated carbocycles. The summed E-state index contributed by atoms with van der Waals surface area (Å²) in [5.74, 6) is 0.839. The standard InChI is InChI=1S/C18H18Cl3N5/c19-12-4-3-11(14(20)8-12)9-22-13-2-1-7-26(10-13)18-23-15-5-6-16(21)24-17(15)25-18/h3-6,8,13,22H,1-2,7,9-10H2,(H,23,24,25). The minimum absolute atomic E-state index is 0.361. The van der Waals surface area contributed by atoms with Crippen LogP contribution in [0.4, 0.5) is 5.95 Å². The van der Waals surface area contributed by atoms with E-state index in [0.717, 1.165) is 48.6 Å². The van der Waals surface area contributed by atoms with Crippen molar-refractivity contribution < 1.29 is 0 Å². The Bertz CT molecular complexity index is 926. The fourth-order valence-corrected chi connectivity index (χ4v) is 3.89. The Morgan fingerprint density at radius 1 is 1.15 bits per heavy atom. The molecule has 0 bridgehead atoms. The molecular formula is C18H18Cl3N5. The topological polar surface area (TPSA) is 56.8 Å². The van der Waals surface area contributed by atoms with Gasteiger partial charge in [0.15, 0.2) is 5.65 Å². The second-order valence-electron chi connectivity index (χ2n) is 6.46. The Labute approximate surface area is 166 Å². The van der Waals surface area contributed by atoms with Gasteiger partial charge in [0.05, 0.1) is 0 Å². The minimum Gasteiger partial charge on any atom is -0.341 e. The van der Waals surface area contributed by atoms with Crippen molar-refractivity contribution in [2.75, 3.05) is 18.0 Å². The molecule has 4 rings (SSSR count). The van der Waals surface area contributed by atoms with E-state index < -0.39 is 0 Å². The maximum atomic E-state index is 6.26. The molecule has 2 N–H and O–H groups in total. The first-order chi connectivity index (χ1) is 12.6. The first-order valence-electron chi connectivity index (χ1n) is 8.53. The lowest BCUT2D eigenvalue weighted by atomic mass is 10.1. The van der Waals surface area contributed by atoms with Gasteiger partial charge in [0, 0.05) is 35.7 Å². The molecular weight excluding hydrogens is 393 g/mol. The van der Waals surface area contributed by atoms with Gasteiger partial charge in [-0.1, -0.05) is 40.9 Å². The van der Waals surface area contributed by atoms with E-state index >= 15 is 0 Å². The number of anilines is 1. The van der Waals surface area contributed by atoms with E-state index in [0.29, 0.717) is 27.8 Å². The molecule has 3 aromatic rings. The second kappa shape index (κ2) is 7.61. The number of hydrogen-bond acceptors (Lipinski definition) is 4. The molecule has 0 radical (unpaired) electrons. The molecule has 26 heavy (non-hydrogen) atoms. The molecule has 8 heteroatoms. The van der Waals surface area contributed by atoms with Crippen molar-refractivity contribution >= 4 is 51.9 Å². The summed E-state index contributed by atoms with van der Waals surface area (Å²) in [5, 5.41) is 5.40. The average Bonchev–Trinajstić information content (AvgIpc) is 3.04. The molecule has 1 aromatic carbocycles. The van der Waals surface area contributed by atoms with E-state index in [-0.39, 0.29) is 0 Å². The van der Waals surface area contributed by atoms with Crippen LogP contribution in [0.15, 0.2) is 30.3 Å². The van der Waals surface area contributed by atoms with E-state index in [4.69, 9.17) is 34.8 Å². The number of pyridine rings is 1. The molecule has 5 nitrogen and oxygen atoms in total. The number of benzene rings is 1. The lowest BCUT2D eigenvalue weighted by molar-refractivity contribution is 0.419. The van der Waals surface area contributed by atoms with Gasteiger partial charge in [-0.15, -0.1) is 0 Å². The summed E-state index contributed by atoms with van der Waals surface area (Å²) in [6.45, 7) is 2.55. The van der Waals surface area contributed by atoms with E-state index in [2.05, 4.69) is 25.2 Å². The summed E-state index contributed by atoms with van der Waals surface area (Å²) in [6, 6.07) is 9.61. The van der Waals surface area contributed by atoms with Crippen LogP contribution >= 0.6 is 34.8 Å². The fraction of sp³-hybridized carbons (Fsp3) is 0.333. The van der Waals surface area contributed by atoms with Crippen molar-refractivity contribution in [1.29, 1.82) is 0 Å². The smallest absolute Gasteiger partial charge is 0.205 e. The maximum absolute atomic E-state index is 6.26. The Kier molecular flexibility index (Phi) is 5.23. The van der Waals surface area contributed by atoms with Crippen molar-refractivity contribution in [3.8, 4) is 0 Å². The summed E-state index contributed by atoms with van der Waals surface area (Å²) in [5.41, 5.74) is 2.60. The highest BCUT2D eigenvalue weighted by atomic mass is 35.5. The largest absolute Gasteiger partial charge is 0.341 e. The maximum Gasteiger partial charge on any atom is 0.205 e.